The molecular formula is C36H58CaO20S2. The normalized spacial score (nSPS) is 22.9. The first-order chi connectivity index (χ1) is 27.3. The Kier molecular flexibility index (Phi) is 28.1. The number of hydrogen-bond acceptors (Lipinski definition) is 20. The quantitative estimate of drug-likeness (QED) is 0.0502. The number of aliphatic hydroxyl groups excluding tert-OH is 2. The zero-order chi connectivity index (χ0) is 43.8. The summed E-state index contributed by atoms with van der Waals surface area (Å²) in [4.78, 5) is 71.2. The van der Waals surface area contributed by atoms with E-state index in [9.17, 15) is 64.9 Å². The molecule has 0 aromatic heterocycles. The van der Waals surface area contributed by atoms with Gasteiger partial charge in [0.2, 0.25) is 0 Å². The molecule has 336 valence electrons. The topological polar surface area (TPSA) is 313 Å². The third kappa shape index (κ3) is 23.0. The van der Waals surface area contributed by atoms with Gasteiger partial charge >= 0.3 is 73.6 Å². The summed E-state index contributed by atoms with van der Waals surface area (Å²) >= 11 is 0. The largest absolute Gasteiger partial charge is 2.00 e. The number of carbonyl (C=O) groups excluding carboxylic acids is 6. The molecule has 2 rings (SSSR count). The summed E-state index contributed by atoms with van der Waals surface area (Å²) in [7, 11) is -10.3. The maximum atomic E-state index is 11.9. The van der Waals surface area contributed by atoms with E-state index in [2.05, 4.69) is 13.8 Å². The van der Waals surface area contributed by atoms with E-state index in [1.54, 1.807) is 0 Å². The molecule has 0 aromatic rings. The molecule has 0 aromatic carbocycles. The number of cyclic esters (lactones) is 4. The minimum atomic E-state index is -5.13. The number of unbranched alkanes of at least 4 members (excludes halogenated alkanes) is 10. The molecule has 0 amide bonds. The van der Waals surface area contributed by atoms with Crippen LogP contribution in [0.1, 0.15) is 117 Å². The maximum absolute atomic E-state index is 11.9. The van der Waals surface area contributed by atoms with E-state index in [1.807, 2.05) is 0 Å². The molecule has 2 fully saturated rings. The van der Waals surface area contributed by atoms with Crippen LogP contribution in [0.2, 0.25) is 0 Å². The van der Waals surface area contributed by atoms with Gasteiger partial charge in [-0.25, -0.2) is 16.8 Å². The Balaban J connectivity index is 0.00000112. The summed E-state index contributed by atoms with van der Waals surface area (Å²) in [6, 6.07) is 0. The number of aliphatic hydroxyl groups is 2. The summed E-state index contributed by atoms with van der Waals surface area (Å²) in [6.07, 6.45) is 10.3. The average molecular weight is 915 g/mol. The van der Waals surface area contributed by atoms with Crippen LogP contribution in [0.5, 0.6) is 0 Å². The Hall–Kier alpha value is -2.18. The van der Waals surface area contributed by atoms with E-state index < -0.39 is 143 Å². The van der Waals surface area contributed by atoms with E-state index in [1.165, 1.54) is 0 Å². The fourth-order valence-corrected chi connectivity index (χ4v) is 6.65. The molecule has 2 N–H and O–H groups in total. The number of ether oxygens (including phenoxy) is 6. The summed E-state index contributed by atoms with van der Waals surface area (Å²) < 4.78 is 96.7. The smallest absolute Gasteiger partial charge is 0.747 e. The Bertz CT molecular complexity index is 1440. The predicted molar refractivity (Wildman–Crippen MR) is 203 cm³/mol. The molecule has 0 radical (unpaired) electrons. The van der Waals surface area contributed by atoms with Gasteiger partial charge in [-0.05, 0) is 12.8 Å². The van der Waals surface area contributed by atoms with Gasteiger partial charge in [0.15, 0.2) is 10.5 Å². The van der Waals surface area contributed by atoms with Crippen molar-refractivity contribution in [3.63, 3.8) is 0 Å². The third-order valence-corrected chi connectivity index (χ3v) is 11.4. The first-order valence-corrected chi connectivity index (χ1v) is 22.3. The van der Waals surface area contributed by atoms with Crippen LogP contribution in [0.25, 0.3) is 0 Å². The maximum Gasteiger partial charge on any atom is 2.00 e. The molecule has 20 nitrogen and oxygen atoms in total. The molecule has 4 atom stereocenters. The van der Waals surface area contributed by atoms with E-state index in [-0.39, 0.29) is 50.6 Å². The monoisotopic (exact) mass is 914 g/mol. The molecular weight excluding hydrogens is 857 g/mol. The molecule has 2 aliphatic rings. The zero-order valence-electron chi connectivity index (χ0n) is 33.9. The van der Waals surface area contributed by atoms with Crippen LogP contribution < -0.4 is 0 Å². The Morgan fingerprint density at radius 3 is 1.20 bits per heavy atom. The van der Waals surface area contributed by atoms with E-state index in [4.69, 9.17) is 28.4 Å². The van der Waals surface area contributed by atoms with Gasteiger partial charge < -0.3 is 47.7 Å². The Morgan fingerprint density at radius 1 is 0.593 bits per heavy atom. The second kappa shape index (κ2) is 29.2. The van der Waals surface area contributed by atoms with E-state index in [0.717, 1.165) is 64.2 Å². The molecule has 2 saturated heterocycles. The van der Waals surface area contributed by atoms with Gasteiger partial charge in [0.25, 0.3) is 0 Å². The van der Waals surface area contributed by atoms with Crippen molar-refractivity contribution in [2.24, 2.45) is 10.8 Å². The standard InChI is InChI=1S/2C18H30O10S.Ca/c2*1-2-3-4-5-6-7-8-15(20)26-11-18(10-19)12-27-16(21)9-14(29(23,24)25)17(22)28-13-18;/h2*14,19H,2-13H2,1H3,(H,23,24,25);/q;;+2/p-2. The first kappa shape index (κ1) is 56.8. The van der Waals surface area contributed by atoms with Gasteiger partial charge in [0.05, 0.1) is 36.9 Å². The van der Waals surface area contributed by atoms with Crippen LogP contribution in [0, 0.1) is 10.8 Å². The van der Waals surface area contributed by atoms with Crippen LogP contribution in [0.3, 0.4) is 0 Å². The van der Waals surface area contributed by atoms with Gasteiger partial charge in [-0.1, -0.05) is 78.1 Å². The summed E-state index contributed by atoms with van der Waals surface area (Å²) in [5, 5.41) is 15.0. The average Bonchev–Trinajstić information content (AvgIpc) is 3.27. The SMILES string of the molecule is CCCCCCCCC(=O)OCC1(CO)COC(=O)CC(S(=O)(=O)[O-])C(=O)OC1.CCCCCCCCC(=O)OCC1(CO)COC(=O)CC(S(=O)(=O)[O-])C(=O)OC1.[Ca+2]. The van der Waals surface area contributed by atoms with Crippen molar-refractivity contribution in [3.05, 3.63) is 0 Å². The number of carbonyl (C=O) groups is 6. The van der Waals surface area contributed by atoms with Crippen LogP contribution in [0.4, 0.5) is 0 Å². The molecule has 0 bridgehead atoms. The van der Waals surface area contributed by atoms with Gasteiger partial charge in [0.1, 0.15) is 59.9 Å². The Labute approximate surface area is 375 Å². The Morgan fingerprint density at radius 2 is 0.898 bits per heavy atom. The van der Waals surface area contributed by atoms with Gasteiger partial charge in [-0.2, -0.15) is 0 Å². The van der Waals surface area contributed by atoms with E-state index >= 15 is 0 Å². The van der Waals surface area contributed by atoms with Gasteiger partial charge in [0, 0.05) is 12.8 Å². The second-order valence-electron chi connectivity index (χ2n) is 14.6. The van der Waals surface area contributed by atoms with Crippen molar-refractivity contribution >= 4 is 93.8 Å². The predicted octanol–water partition coefficient (Wildman–Crippen LogP) is 0.945. The van der Waals surface area contributed by atoms with E-state index in [0.29, 0.717) is 12.8 Å². The minimum absolute atomic E-state index is 0. The fourth-order valence-electron chi connectivity index (χ4n) is 5.36. The molecule has 0 saturated carbocycles. The van der Waals surface area contributed by atoms with Crippen LogP contribution in [-0.2, 0) is 77.4 Å². The molecule has 59 heavy (non-hydrogen) atoms. The zero-order valence-corrected chi connectivity index (χ0v) is 37.7. The van der Waals surface area contributed by atoms with Crippen molar-refractivity contribution in [2.75, 3.05) is 52.9 Å². The van der Waals surface area contributed by atoms with Crippen LogP contribution >= 0.6 is 0 Å². The second-order valence-corrected chi connectivity index (χ2v) is 17.7. The van der Waals surface area contributed by atoms with Gasteiger partial charge in [-0.15, -0.1) is 0 Å². The summed E-state index contributed by atoms with van der Waals surface area (Å²) in [6.45, 7) is 0.0233. The number of hydrogen-bond donors (Lipinski definition) is 2. The fraction of sp³-hybridized carbons (Fsp3) is 0.833. The summed E-state index contributed by atoms with van der Waals surface area (Å²) in [5.74, 6) is -6.05. The van der Waals surface area contributed by atoms with Crippen LogP contribution in [0.15, 0.2) is 0 Å². The van der Waals surface area contributed by atoms with Crippen molar-refractivity contribution in [2.45, 2.75) is 127 Å². The number of esters is 6. The molecule has 23 heteroatoms. The molecule has 0 spiro atoms. The van der Waals surface area contributed by atoms with Crippen molar-refractivity contribution < 1.29 is 93.3 Å². The molecule has 4 unspecified atom stereocenters. The molecule has 0 aliphatic carbocycles. The molecule has 2 aliphatic heterocycles. The van der Waals surface area contributed by atoms with Gasteiger partial charge in [-0.3, -0.25) is 28.8 Å². The number of rotatable bonds is 22. The first-order valence-electron chi connectivity index (χ1n) is 19.3. The van der Waals surface area contributed by atoms with Crippen molar-refractivity contribution in [1.29, 1.82) is 0 Å². The third-order valence-electron chi connectivity index (χ3n) is 9.27. The van der Waals surface area contributed by atoms with Crippen molar-refractivity contribution in [3.8, 4) is 0 Å². The van der Waals surface area contributed by atoms with Crippen LogP contribution in [-0.4, -0.2) is 173 Å². The molecule has 2 heterocycles. The minimum Gasteiger partial charge on any atom is -0.747 e. The summed E-state index contributed by atoms with van der Waals surface area (Å²) in [5.41, 5.74) is -2.88. The van der Waals surface area contributed by atoms with Crippen molar-refractivity contribution in [1.82, 2.24) is 0 Å².